The minimum absolute atomic E-state index is 0.145. The lowest BCUT2D eigenvalue weighted by atomic mass is 9.44. The summed E-state index contributed by atoms with van der Waals surface area (Å²) in [5, 5.41) is 21.0. The first-order chi connectivity index (χ1) is 10.4. The molecule has 124 valence electrons. The van der Waals surface area contributed by atoms with Crippen LogP contribution in [-0.4, -0.2) is 28.2 Å². The Morgan fingerprint density at radius 3 is 2.64 bits per heavy atom. The second kappa shape index (κ2) is 4.80. The number of Topliss-reactive ketones (excluding diaryl/α,β-unsaturated/α-hetero) is 1. The van der Waals surface area contributed by atoms with Crippen molar-refractivity contribution in [2.75, 3.05) is 0 Å². The van der Waals surface area contributed by atoms with Crippen molar-refractivity contribution in [3.05, 3.63) is 0 Å². The van der Waals surface area contributed by atoms with E-state index >= 15 is 0 Å². The van der Waals surface area contributed by atoms with E-state index in [0.717, 1.165) is 38.5 Å². The molecule has 2 N–H and O–H groups in total. The Bertz CT molecular complexity index is 489. The summed E-state index contributed by atoms with van der Waals surface area (Å²) >= 11 is 0. The zero-order chi connectivity index (χ0) is 15.7. The van der Waals surface area contributed by atoms with Crippen molar-refractivity contribution < 1.29 is 15.0 Å². The maximum Gasteiger partial charge on any atom is 0.139 e. The molecule has 0 amide bonds. The van der Waals surface area contributed by atoms with Gasteiger partial charge in [0.15, 0.2) is 0 Å². The minimum atomic E-state index is -0.337. The summed E-state index contributed by atoms with van der Waals surface area (Å²) in [7, 11) is 0. The minimum Gasteiger partial charge on any atom is -0.393 e. The predicted octanol–water partition coefficient (Wildman–Crippen LogP) is 2.93. The van der Waals surface area contributed by atoms with Crippen LogP contribution < -0.4 is 0 Å². The Morgan fingerprint density at radius 1 is 1.09 bits per heavy atom. The number of fused-ring (bicyclic) bond motifs is 5. The fourth-order valence-electron chi connectivity index (χ4n) is 7.13. The lowest BCUT2D eigenvalue weighted by Gasteiger charge is -2.61. The average Bonchev–Trinajstić information content (AvgIpc) is 2.75. The molecule has 0 spiro atoms. The maximum absolute atomic E-state index is 12.4. The number of rotatable bonds is 0. The van der Waals surface area contributed by atoms with Gasteiger partial charge in [-0.25, -0.2) is 0 Å². The van der Waals surface area contributed by atoms with Crippen LogP contribution in [0.1, 0.15) is 65.2 Å². The van der Waals surface area contributed by atoms with Crippen LogP contribution in [0, 0.1) is 34.5 Å². The lowest BCUT2D eigenvalue weighted by molar-refractivity contribution is -0.175. The summed E-state index contributed by atoms with van der Waals surface area (Å²) in [4.78, 5) is 12.4. The topological polar surface area (TPSA) is 57.5 Å². The monoisotopic (exact) mass is 306 g/mol. The van der Waals surface area contributed by atoms with Gasteiger partial charge in [0.25, 0.3) is 0 Å². The first-order valence-corrected chi connectivity index (χ1v) is 9.25. The molecule has 0 heterocycles. The molecule has 0 saturated heterocycles. The standard InChI is InChI=1S/C19H30O3/c1-18-8-7-12(20)9-11(18)3-4-13-14-5-6-16(22)19(14,2)10-15(21)17(13)18/h11-15,17,20-21H,3-10H2,1-2H3/t11-,12-,13+,14-,15-,17-,18+,19+/m0/s1. The Labute approximate surface area is 133 Å². The molecule has 4 fully saturated rings. The zero-order valence-corrected chi connectivity index (χ0v) is 13.9. The van der Waals surface area contributed by atoms with Gasteiger partial charge < -0.3 is 10.2 Å². The van der Waals surface area contributed by atoms with Gasteiger partial charge in [0.1, 0.15) is 5.78 Å². The van der Waals surface area contributed by atoms with E-state index < -0.39 is 0 Å². The van der Waals surface area contributed by atoms with E-state index in [9.17, 15) is 15.0 Å². The van der Waals surface area contributed by atoms with E-state index in [0.29, 0.717) is 35.9 Å². The van der Waals surface area contributed by atoms with Gasteiger partial charge in [-0.3, -0.25) is 4.79 Å². The normalized spacial score (nSPS) is 57.9. The van der Waals surface area contributed by atoms with Crippen LogP contribution in [0.15, 0.2) is 0 Å². The Morgan fingerprint density at radius 2 is 1.86 bits per heavy atom. The second-order valence-corrected chi connectivity index (χ2v) is 9.16. The Kier molecular flexibility index (Phi) is 3.30. The van der Waals surface area contributed by atoms with E-state index in [2.05, 4.69) is 13.8 Å². The van der Waals surface area contributed by atoms with E-state index in [1.54, 1.807) is 0 Å². The first-order valence-electron chi connectivity index (χ1n) is 9.25. The van der Waals surface area contributed by atoms with Crippen molar-refractivity contribution in [3.8, 4) is 0 Å². The largest absolute Gasteiger partial charge is 0.393 e. The van der Waals surface area contributed by atoms with Gasteiger partial charge >= 0.3 is 0 Å². The third-order valence-electron chi connectivity index (χ3n) is 8.28. The Hall–Kier alpha value is -0.410. The molecule has 0 aromatic heterocycles. The highest BCUT2D eigenvalue weighted by Crippen LogP contribution is 2.65. The first kappa shape index (κ1) is 15.1. The van der Waals surface area contributed by atoms with Crippen molar-refractivity contribution in [2.24, 2.45) is 34.5 Å². The number of carbonyl (C=O) groups is 1. The van der Waals surface area contributed by atoms with Crippen molar-refractivity contribution in [2.45, 2.75) is 77.4 Å². The molecular formula is C19H30O3. The van der Waals surface area contributed by atoms with Gasteiger partial charge in [0, 0.05) is 11.8 Å². The quantitative estimate of drug-likeness (QED) is 0.723. The molecule has 0 radical (unpaired) electrons. The predicted molar refractivity (Wildman–Crippen MR) is 84.1 cm³/mol. The highest BCUT2D eigenvalue weighted by atomic mass is 16.3. The summed E-state index contributed by atoms with van der Waals surface area (Å²) in [6, 6.07) is 0. The number of carbonyl (C=O) groups excluding carboxylic acids is 1. The van der Waals surface area contributed by atoms with Crippen LogP contribution in [0.3, 0.4) is 0 Å². The van der Waals surface area contributed by atoms with Gasteiger partial charge in [-0.05, 0) is 74.0 Å². The van der Waals surface area contributed by atoms with E-state index in [1.807, 2.05) is 0 Å². The fraction of sp³-hybridized carbons (Fsp3) is 0.947. The highest BCUT2D eigenvalue weighted by Gasteiger charge is 2.63. The number of aliphatic hydroxyl groups excluding tert-OH is 2. The van der Waals surface area contributed by atoms with E-state index in [1.165, 1.54) is 6.42 Å². The van der Waals surface area contributed by atoms with Crippen LogP contribution >= 0.6 is 0 Å². The molecule has 4 rings (SSSR count). The van der Waals surface area contributed by atoms with Crippen LogP contribution in [-0.2, 0) is 4.79 Å². The smallest absolute Gasteiger partial charge is 0.139 e. The second-order valence-electron chi connectivity index (χ2n) is 9.16. The molecule has 4 aliphatic carbocycles. The molecule has 0 aromatic rings. The molecule has 4 saturated carbocycles. The third-order valence-corrected chi connectivity index (χ3v) is 8.28. The number of aliphatic hydroxyl groups is 2. The van der Waals surface area contributed by atoms with Crippen LogP contribution in [0.25, 0.3) is 0 Å². The van der Waals surface area contributed by atoms with Gasteiger partial charge in [0.05, 0.1) is 12.2 Å². The molecule has 0 aromatic carbocycles. The van der Waals surface area contributed by atoms with Crippen LogP contribution in [0.5, 0.6) is 0 Å². The molecule has 0 aliphatic heterocycles. The van der Waals surface area contributed by atoms with Gasteiger partial charge in [-0.15, -0.1) is 0 Å². The Balaban J connectivity index is 1.69. The van der Waals surface area contributed by atoms with Crippen LogP contribution in [0.2, 0.25) is 0 Å². The lowest BCUT2D eigenvalue weighted by Crippen LogP contribution is -2.59. The summed E-state index contributed by atoms with van der Waals surface area (Å²) in [6.07, 6.45) is 7.08. The van der Waals surface area contributed by atoms with Crippen molar-refractivity contribution in [3.63, 3.8) is 0 Å². The number of hydrogen-bond acceptors (Lipinski definition) is 3. The molecule has 3 heteroatoms. The number of ketones is 1. The molecule has 8 atom stereocenters. The molecule has 0 bridgehead atoms. The molecule has 3 nitrogen and oxygen atoms in total. The highest BCUT2D eigenvalue weighted by molar-refractivity contribution is 5.87. The SMILES string of the molecule is C[C@@]12CC[C@H](O)C[C@@H]1CC[C@H]1[C@H]2[C@@H](O)C[C@@]2(C)C(=O)CC[C@@H]12. The van der Waals surface area contributed by atoms with Gasteiger partial charge in [0.2, 0.25) is 0 Å². The molecular weight excluding hydrogens is 276 g/mol. The fourth-order valence-corrected chi connectivity index (χ4v) is 7.13. The summed E-state index contributed by atoms with van der Waals surface area (Å²) in [6.45, 7) is 4.48. The maximum atomic E-state index is 12.4. The molecule has 22 heavy (non-hydrogen) atoms. The summed E-state index contributed by atoms with van der Waals surface area (Å²) in [5.41, 5.74) is -0.105. The van der Waals surface area contributed by atoms with Crippen molar-refractivity contribution in [1.29, 1.82) is 0 Å². The van der Waals surface area contributed by atoms with Gasteiger partial charge in [-0.2, -0.15) is 0 Å². The third kappa shape index (κ3) is 1.84. The summed E-state index contributed by atoms with van der Waals surface area (Å²) in [5.74, 6) is 2.27. The van der Waals surface area contributed by atoms with Crippen molar-refractivity contribution in [1.82, 2.24) is 0 Å². The van der Waals surface area contributed by atoms with Crippen LogP contribution in [0.4, 0.5) is 0 Å². The zero-order valence-electron chi connectivity index (χ0n) is 13.9. The molecule has 4 aliphatic rings. The van der Waals surface area contributed by atoms with Crippen molar-refractivity contribution >= 4 is 5.78 Å². The average molecular weight is 306 g/mol. The van der Waals surface area contributed by atoms with Gasteiger partial charge in [-0.1, -0.05) is 13.8 Å². The summed E-state index contributed by atoms with van der Waals surface area (Å²) < 4.78 is 0. The van der Waals surface area contributed by atoms with E-state index in [4.69, 9.17) is 0 Å². The molecule has 0 unspecified atom stereocenters. The van der Waals surface area contributed by atoms with E-state index in [-0.39, 0.29) is 23.0 Å². The number of hydrogen-bond donors (Lipinski definition) is 2.